The van der Waals surface area contributed by atoms with E-state index in [4.69, 9.17) is 16.5 Å². The molecule has 3 unspecified atom stereocenters. The smallest absolute Gasteiger partial charge is 0.308 e. The van der Waals surface area contributed by atoms with Crippen molar-refractivity contribution >= 4 is 29.6 Å². The Kier molecular flexibility index (Phi) is 10.7. The zero-order valence-electron chi connectivity index (χ0n) is 15.8. The summed E-state index contributed by atoms with van der Waals surface area (Å²) in [6, 6.07) is 0. The molecule has 0 spiro atoms. The van der Waals surface area contributed by atoms with Gasteiger partial charge < -0.3 is 15.2 Å². The number of ether oxygens (including phenoxy) is 1. The minimum Gasteiger partial charge on any atom is -0.481 e. The van der Waals surface area contributed by atoms with E-state index in [9.17, 15) is 19.5 Å². The van der Waals surface area contributed by atoms with E-state index in [1.54, 1.807) is 27.8 Å². The van der Waals surface area contributed by atoms with Gasteiger partial charge >= 0.3 is 11.9 Å². The van der Waals surface area contributed by atoms with Crippen LogP contribution in [0.5, 0.6) is 0 Å². The van der Waals surface area contributed by atoms with E-state index in [1.807, 2.05) is 0 Å². The SMILES string of the molecule is CCC(CC(C)(CC(C)C(=O)OC)C(=O)NCCCN(C)Cl)C(=O)O. The molecule has 0 rings (SSSR count). The molecular weight excluding hydrogens is 348 g/mol. The molecule has 1 amide bonds. The number of rotatable bonds is 12. The van der Waals surface area contributed by atoms with Crippen LogP contribution in [0.4, 0.5) is 0 Å². The summed E-state index contributed by atoms with van der Waals surface area (Å²) in [4.78, 5) is 35.9. The monoisotopic (exact) mass is 378 g/mol. The van der Waals surface area contributed by atoms with Crippen molar-refractivity contribution in [3.05, 3.63) is 0 Å². The fourth-order valence-corrected chi connectivity index (χ4v) is 3.01. The van der Waals surface area contributed by atoms with E-state index in [2.05, 4.69) is 5.32 Å². The molecule has 0 aliphatic carbocycles. The molecule has 0 aromatic heterocycles. The van der Waals surface area contributed by atoms with Crippen molar-refractivity contribution in [2.45, 2.75) is 46.5 Å². The van der Waals surface area contributed by atoms with Crippen molar-refractivity contribution in [1.29, 1.82) is 0 Å². The van der Waals surface area contributed by atoms with E-state index in [0.717, 1.165) is 0 Å². The van der Waals surface area contributed by atoms with Crippen molar-refractivity contribution in [3.8, 4) is 0 Å². The number of carboxylic acid groups (broad SMARTS) is 1. The number of halogens is 1. The van der Waals surface area contributed by atoms with Gasteiger partial charge in [0.1, 0.15) is 0 Å². The average Bonchev–Trinajstić information content (AvgIpc) is 2.54. The highest BCUT2D eigenvalue weighted by atomic mass is 35.5. The summed E-state index contributed by atoms with van der Waals surface area (Å²) in [5, 5.41) is 12.2. The molecular formula is C17H31ClN2O5. The van der Waals surface area contributed by atoms with E-state index in [-0.39, 0.29) is 18.7 Å². The predicted molar refractivity (Wildman–Crippen MR) is 96.0 cm³/mol. The fourth-order valence-electron chi connectivity index (χ4n) is 2.89. The first-order chi connectivity index (χ1) is 11.6. The summed E-state index contributed by atoms with van der Waals surface area (Å²) < 4.78 is 6.24. The van der Waals surface area contributed by atoms with Crippen LogP contribution >= 0.6 is 11.8 Å². The molecule has 0 aromatic rings. The summed E-state index contributed by atoms with van der Waals surface area (Å²) in [7, 11) is 3.02. The Hall–Kier alpha value is -1.34. The standard InChI is InChI=1S/C17H31ClN2O5/c1-6-13(14(21)22)11-17(3,10-12(2)15(23)25-5)16(24)19-8-7-9-20(4)18/h12-13H,6-11H2,1-5H3,(H,19,24)(H,21,22). The molecule has 0 radical (unpaired) electrons. The van der Waals surface area contributed by atoms with Crippen molar-refractivity contribution in [3.63, 3.8) is 0 Å². The fraction of sp³-hybridized carbons (Fsp3) is 0.824. The Morgan fingerprint density at radius 2 is 1.92 bits per heavy atom. The second kappa shape index (κ2) is 11.3. The maximum Gasteiger partial charge on any atom is 0.308 e. The molecule has 25 heavy (non-hydrogen) atoms. The molecule has 0 saturated carbocycles. The van der Waals surface area contributed by atoms with Gasteiger partial charge in [-0.1, -0.05) is 20.8 Å². The second-order valence-corrected chi connectivity index (χ2v) is 7.35. The van der Waals surface area contributed by atoms with Gasteiger partial charge in [-0.15, -0.1) is 0 Å². The van der Waals surface area contributed by atoms with Crippen LogP contribution in [0, 0.1) is 17.3 Å². The van der Waals surface area contributed by atoms with E-state index < -0.39 is 29.2 Å². The van der Waals surface area contributed by atoms with Crippen LogP contribution in [0.3, 0.4) is 0 Å². The average molecular weight is 379 g/mol. The van der Waals surface area contributed by atoms with Gasteiger partial charge in [0.25, 0.3) is 0 Å². The molecule has 3 atom stereocenters. The number of carboxylic acids is 1. The molecule has 146 valence electrons. The predicted octanol–water partition coefficient (Wildman–Crippen LogP) is 2.28. The third-order valence-corrected chi connectivity index (χ3v) is 4.55. The lowest BCUT2D eigenvalue weighted by atomic mass is 9.73. The van der Waals surface area contributed by atoms with Gasteiger partial charge in [-0.25, -0.2) is 4.42 Å². The van der Waals surface area contributed by atoms with Crippen LogP contribution in [0.25, 0.3) is 0 Å². The summed E-state index contributed by atoms with van der Waals surface area (Å²) in [5.41, 5.74) is -0.973. The number of carbonyl (C=O) groups is 3. The maximum absolute atomic E-state index is 12.7. The number of nitrogens with zero attached hydrogens (tertiary/aromatic N) is 1. The van der Waals surface area contributed by atoms with Crippen molar-refractivity contribution in [2.75, 3.05) is 27.2 Å². The quantitative estimate of drug-likeness (QED) is 0.307. The number of carbonyl (C=O) groups excluding carboxylic acids is 2. The van der Waals surface area contributed by atoms with E-state index in [1.165, 1.54) is 11.5 Å². The molecule has 0 aliphatic heterocycles. The zero-order chi connectivity index (χ0) is 19.6. The molecule has 0 saturated heterocycles. The normalized spacial score (nSPS) is 16.0. The van der Waals surface area contributed by atoms with Crippen molar-refractivity contribution in [2.24, 2.45) is 17.3 Å². The number of aliphatic carboxylic acids is 1. The summed E-state index contributed by atoms with van der Waals surface area (Å²) >= 11 is 5.73. The van der Waals surface area contributed by atoms with Crippen molar-refractivity contribution < 1.29 is 24.2 Å². The highest BCUT2D eigenvalue weighted by molar-refractivity contribution is 6.13. The first-order valence-electron chi connectivity index (χ1n) is 8.53. The van der Waals surface area contributed by atoms with Gasteiger partial charge in [-0.3, -0.25) is 14.4 Å². The van der Waals surface area contributed by atoms with Crippen LogP contribution in [-0.2, 0) is 19.1 Å². The van der Waals surface area contributed by atoms with Crippen molar-refractivity contribution in [1.82, 2.24) is 9.74 Å². The third kappa shape index (κ3) is 8.54. The third-order valence-electron chi connectivity index (χ3n) is 4.38. The Morgan fingerprint density at radius 3 is 2.36 bits per heavy atom. The Labute approximate surface area is 155 Å². The van der Waals surface area contributed by atoms with Crippen LogP contribution in [0.2, 0.25) is 0 Å². The van der Waals surface area contributed by atoms with Crippen LogP contribution in [0.15, 0.2) is 0 Å². The lowest BCUT2D eigenvalue weighted by Crippen LogP contribution is -2.43. The molecule has 0 fully saturated rings. The lowest BCUT2D eigenvalue weighted by Gasteiger charge is -2.32. The molecule has 0 bridgehead atoms. The maximum atomic E-state index is 12.7. The van der Waals surface area contributed by atoms with Gasteiger partial charge in [0, 0.05) is 25.6 Å². The van der Waals surface area contributed by atoms with Crippen LogP contribution < -0.4 is 5.32 Å². The minimum absolute atomic E-state index is 0.168. The second-order valence-electron chi connectivity index (χ2n) is 6.77. The van der Waals surface area contributed by atoms with Gasteiger partial charge in [0.15, 0.2) is 0 Å². The first-order valence-corrected chi connectivity index (χ1v) is 8.87. The Morgan fingerprint density at radius 1 is 1.32 bits per heavy atom. The molecule has 7 nitrogen and oxygen atoms in total. The minimum atomic E-state index is -0.973. The van der Waals surface area contributed by atoms with E-state index in [0.29, 0.717) is 25.9 Å². The topological polar surface area (TPSA) is 95.9 Å². The van der Waals surface area contributed by atoms with E-state index >= 15 is 0 Å². The summed E-state index contributed by atoms with van der Waals surface area (Å²) in [5.74, 6) is -2.74. The number of hydrogen-bond acceptors (Lipinski definition) is 5. The summed E-state index contributed by atoms with van der Waals surface area (Å²) in [6.45, 7) is 6.21. The highest BCUT2D eigenvalue weighted by Gasteiger charge is 2.39. The molecule has 0 aromatic carbocycles. The molecule has 0 aliphatic rings. The molecule has 8 heteroatoms. The lowest BCUT2D eigenvalue weighted by molar-refractivity contribution is -0.148. The number of esters is 1. The van der Waals surface area contributed by atoms with Gasteiger partial charge in [0.05, 0.1) is 18.9 Å². The molecule has 0 heterocycles. The Bertz CT molecular complexity index is 458. The van der Waals surface area contributed by atoms with Crippen LogP contribution in [0.1, 0.15) is 46.5 Å². The van der Waals surface area contributed by atoms with Crippen LogP contribution in [-0.4, -0.2) is 54.6 Å². The van der Waals surface area contributed by atoms with Gasteiger partial charge in [0.2, 0.25) is 5.91 Å². The molecule has 2 N–H and O–H groups in total. The first kappa shape index (κ1) is 23.7. The number of methoxy groups -OCH3 is 1. The van der Waals surface area contributed by atoms with Gasteiger partial charge in [-0.05, 0) is 37.5 Å². The number of nitrogens with one attached hydrogen (secondary N) is 1. The largest absolute Gasteiger partial charge is 0.481 e. The van der Waals surface area contributed by atoms with Gasteiger partial charge in [-0.2, -0.15) is 0 Å². The number of hydrogen-bond donors (Lipinski definition) is 2. The number of amides is 1. The Balaban J connectivity index is 5.11. The summed E-state index contributed by atoms with van der Waals surface area (Å²) in [6.07, 6.45) is 1.48. The zero-order valence-corrected chi connectivity index (χ0v) is 16.6. The highest BCUT2D eigenvalue weighted by Crippen LogP contribution is 2.35.